The van der Waals surface area contributed by atoms with Gasteiger partial charge in [0.15, 0.2) is 5.11 Å². The lowest BCUT2D eigenvalue weighted by atomic mass is 9.79. The molecular formula is C21H22N2O3S. The first-order chi connectivity index (χ1) is 13.0. The number of rotatable bonds is 3. The summed E-state index contributed by atoms with van der Waals surface area (Å²) in [5, 5.41) is 3.89. The minimum atomic E-state index is -0.997. The Morgan fingerprint density at radius 2 is 1.96 bits per heavy atom. The number of hydrogen-bond donors (Lipinski definition) is 1. The molecular weight excluding hydrogens is 360 g/mol. The van der Waals surface area contributed by atoms with Crippen molar-refractivity contribution in [2.45, 2.75) is 32.5 Å². The first kappa shape index (κ1) is 17.8. The molecule has 1 N–H and O–H groups in total. The summed E-state index contributed by atoms with van der Waals surface area (Å²) in [6.07, 6.45) is 0. The second-order valence-corrected chi connectivity index (χ2v) is 7.41. The molecule has 6 heteroatoms. The highest BCUT2D eigenvalue weighted by Gasteiger charge is 2.59. The number of benzene rings is 2. The van der Waals surface area contributed by atoms with E-state index in [1.165, 1.54) is 0 Å². The van der Waals surface area contributed by atoms with Crippen molar-refractivity contribution in [1.29, 1.82) is 0 Å². The molecule has 27 heavy (non-hydrogen) atoms. The Morgan fingerprint density at radius 3 is 2.67 bits per heavy atom. The molecule has 1 fully saturated rings. The van der Waals surface area contributed by atoms with Crippen LogP contribution in [0.4, 0.5) is 5.69 Å². The normalized spacial score (nSPS) is 25.9. The van der Waals surface area contributed by atoms with Crippen molar-refractivity contribution in [2.75, 3.05) is 11.5 Å². The minimum absolute atomic E-state index is 0.298. The monoisotopic (exact) mass is 382 g/mol. The topological polar surface area (TPSA) is 50.8 Å². The zero-order chi connectivity index (χ0) is 19.2. The Kier molecular flexibility index (Phi) is 4.30. The molecule has 2 aromatic carbocycles. The van der Waals surface area contributed by atoms with Crippen LogP contribution in [0.1, 0.15) is 31.0 Å². The number of thiocarbonyl (C=S) groups is 1. The van der Waals surface area contributed by atoms with E-state index in [1.54, 1.807) is 0 Å². The van der Waals surface area contributed by atoms with E-state index in [-0.39, 0.29) is 12.0 Å². The van der Waals surface area contributed by atoms with Crippen molar-refractivity contribution >= 4 is 29.0 Å². The third-order valence-electron chi connectivity index (χ3n) is 5.24. The summed E-state index contributed by atoms with van der Waals surface area (Å²) < 4.78 is 11.8. The fourth-order valence-corrected chi connectivity index (χ4v) is 4.42. The molecule has 0 saturated carbocycles. The molecule has 5 nitrogen and oxygen atoms in total. The number of anilines is 1. The average molecular weight is 382 g/mol. The second kappa shape index (κ2) is 6.53. The fourth-order valence-electron chi connectivity index (χ4n) is 4.00. The first-order valence-electron chi connectivity index (χ1n) is 9.07. The van der Waals surface area contributed by atoms with Gasteiger partial charge in [-0.1, -0.05) is 35.9 Å². The van der Waals surface area contributed by atoms with Crippen LogP contribution in [-0.2, 0) is 9.53 Å². The highest BCUT2D eigenvalue weighted by Crippen LogP contribution is 2.49. The van der Waals surface area contributed by atoms with E-state index in [0.717, 1.165) is 22.6 Å². The molecule has 0 aromatic heterocycles. The molecule has 0 unspecified atom stereocenters. The summed E-state index contributed by atoms with van der Waals surface area (Å²) in [5.74, 6) is -0.121. The summed E-state index contributed by atoms with van der Waals surface area (Å²) in [6.45, 7) is 6.06. The molecule has 0 spiro atoms. The molecule has 2 heterocycles. The summed E-state index contributed by atoms with van der Waals surface area (Å²) in [4.78, 5) is 14.8. The van der Waals surface area contributed by atoms with Gasteiger partial charge in [-0.2, -0.15) is 0 Å². The van der Waals surface area contributed by atoms with E-state index in [9.17, 15) is 4.79 Å². The van der Waals surface area contributed by atoms with Gasteiger partial charge in [0, 0.05) is 11.3 Å². The zero-order valence-electron chi connectivity index (χ0n) is 15.6. The Hall–Kier alpha value is -2.60. The zero-order valence-corrected chi connectivity index (χ0v) is 16.4. The van der Waals surface area contributed by atoms with Gasteiger partial charge in [0.25, 0.3) is 0 Å². The van der Waals surface area contributed by atoms with Crippen LogP contribution in [0.15, 0.2) is 48.5 Å². The number of para-hydroxylation sites is 1. The Bertz CT molecular complexity index is 899. The Balaban J connectivity index is 1.88. The van der Waals surface area contributed by atoms with Crippen LogP contribution >= 0.6 is 12.2 Å². The van der Waals surface area contributed by atoms with Crippen molar-refractivity contribution in [3.05, 3.63) is 59.7 Å². The number of ether oxygens (including phenoxy) is 2. The number of hydrogen-bond acceptors (Lipinski definition) is 4. The standard InChI is InChI=1S/C21H22N2O3S/c1-4-25-19(24)17-18-15-7-5-6-8-16(15)26-21(17,3)23(20(27)22-18)14-11-9-13(2)10-12-14/h5-12,17-18H,4H2,1-3H3,(H,22,27)/t17-,18-,21-/m0/s1. The fraction of sp³-hybridized carbons (Fsp3) is 0.333. The molecule has 2 aromatic rings. The highest BCUT2D eigenvalue weighted by atomic mass is 32.1. The third kappa shape index (κ3) is 2.75. The van der Waals surface area contributed by atoms with E-state index in [2.05, 4.69) is 5.32 Å². The van der Waals surface area contributed by atoms with Crippen LogP contribution in [0.25, 0.3) is 0 Å². The smallest absolute Gasteiger partial charge is 0.317 e. The third-order valence-corrected chi connectivity index (χ3v) is 5.54. The van der Waals surface area contributed by atoms with E-state index in [1.807, 2.05) is 74.2 Å². The lowest BCUT2D eigenvalue weighted by Gasteiger charge is -2.55. The molecule has 4 rings (SSSR count). The average Bonchev–Trinajstić information content (AvgIpc) is 2.62. The van der Waals surface area contributed by atoms with Crippen molar-refractivity contribution in [2.24, 2.45) is 5.92 Å². The molecule has 140 valence electrons. The van der Waals surface area contributed by atoms with Gasteiger partial charge in [-0.05, 0) is 51.2 Å². The number of nitrogens with zero attached hydrogens (tertiary/aromatic N) is 1. The van der Waals surface area contributed by atoms with E-state index >= 15 is 0 Å². The lowest BCUT2D eigenvalue weighted by Crippen LogP contribution is -2.71. The molecule has 0 amide bonds. The van der Waals surface area contributed by atoms with Crippen molar-refractivity contribution in [3.8, 4) is 5.75 Å². The number of carbonyl (C=O) groups is 1. The minimum Gasteiger partial charge on any atom is -0.466 e. The first-order valence-corrected chi connectivity index (χ1v) is 9.48. The Labute approximate surface area is 164 Å². The van der Waals surface area contributed by atoms with Gasteiger partial charge in [-0.25, -0.2) is 0 Å². The number of aryl methyl sites for hydroxylation is 1. The van der Waals surface area contributed by atoms with Gasteiger partial charge in [-0.3, -0.25) is 9.69 Å². The number of carbonyl (C=O) groups excluding carboxylic acids is 1. The second-order valence-electron chi connectivity index (χ2n) is 7.02. The molecule has 0 radical (unpaired) electrons. The van der Waals surface area contributed by atoms with Gasteiger partial charge in [0.2, 0.25) is 5.72 Å². The van der Waals surface area contributed by atoms with Gasteiger partial charge >= 0.3 is 5.97 Å². The molecule has 3 atom stereocenters. The number of esters is 1. The quantitative estimate of drug-likeness (QED) is 0.645. The summed E-state index contributed by atoms with van der Waals surface area (Å²) in [5.41, 5.74) is 1.93. The van der Waals surface area contributed by atoms with E-state index in [4.69, 9.17) is 21.7 Å². The van der Waals surface area contributed by atoms with Gasteiger partial charge in [0.05, 0.1) is 12.6 Å². The summed E-state index contributed by atoms with van der Waals surface area (Å²) in [7, 11) is 0. The van der Waals surface area contributed by atoms with Crippen LogP contribution in [0, 0.1) is 12.8 Å². The van der Waals surface area contributed by atoms with Crippen molar-refractivity contribution in [3.63, 3.8) is 0 Å². The van der Waals surface area contributed by atoms with E-state index < -0.39 is 11.6 Å². The maximum atomic E-state index is 13.0. The van der Waals surface area contributed by atoms with Crippen molar-refractivity contribution < 1.29 is 14.3 Å². The van der Waals surface area contributed by atoms with Gasteiger partial charge < -0.3 is 14.8 Å². The number of fused-ring (bicyclic) bond motifs is 4. The van der Waals surface area contributed by atoms with Crippen LogP contribution in [-0.4, -0.2) is 23.4 Å². The van der Waals surface area contributed by atoms with Crippen LogP contribution in [0.3, 0.4) is 0 Å². The largest absolute Gasteiger partial charge is 0.466 e. The van der Waals surface area contributed by atoms with Gasteiger partial charge in [-0.15, -0.1) is 0 Å². The van der Waals surface area contributed by atoms with Crippen LogP contribution in [0.5, 0.6) is 5.75 Å². The predicted molar refractivity (Wildman–Crippen MR) is 108 cm³/mol. The molecule has 0 aliphatic carbocycles. The SMILES string of the molecule is CCOC(=O)[C@@H]1[C@H]2NC(=S)N(c3ccc(C)cc3)[C@@]1(C)Oc1ccccc12. The highest BCUT2D eigenvalue weighted by molar-refractivity contribution is 7.80. The molecule has 2 bridgehead atoms. The summed E-state index contributed by atoms with van der Waals surface area (Å²) >= 11 is 5.68. The predicted octanol–water partition coefficient (Wildman–Crippen LogP) is 3.72. The van der Waals surface area contributed by atoms with E-state index in [0.29, 0.717) is 11.7 Å². The maximum absolute atomic E-state index is 13.0. The lowest BCUT2D eigenvalue weighted by molar-refractivity contribution is -0.159. The molecule has 2 aliphatic rings. The number of nitrogens with one attached hydrogen (secondary N) is 1. The summed E-state index contributed by atoms with van der Waals surface area (Å²) in [6, 6.07) is 15.5. The van der Waals surface area contributed by atoms with Gasteiger partial charge in [0.1, 0.15) is 11.7 Å². The van der Waals surface area contributed by atoms with Crippen molar-refractivity contribution in [1.82, 2.24) is 5.32 Å². The van der Waals surface area contributed by atoms with Crippen LogP contribution in [0.2, 0.25) is 0 Å². The Morgan fingerprint density at radius 1 is 1.26 bits per heavy atom. The molecule has 2 aliphatic heterocycles. The van der Waals surface area contributed by atoms with Crippen LogP contribution < -0.4 is 15.0 Å². The molecule has 1 saturated heterocycles. The maximum Gasteiger partial charge on any atom is 0.317 e.